The van der Waals surface area contributed by atoms with Crippen molar-refractivity contribution in [3.8, 4) is 6.07 Å². The molecular formula is C10H13NO. The van der Waals surface area contributed by atoms with Gasteiger partial charge in [-0.1, -0.05) is 30.4 Å². The predicted octanol–water partition coefficient (Wildman–Crippen LogP) is 1.95. The van der Waals surface area contributed by atoms with Gasteiger partial charge in [0.1, 0.15) is 0 Å². The predicted molar refractivity (Wildman–Crippen MR) is 49.3 cm³/mol. The summed E-state index contributed by atoms with van der Waals surface area (Å²) in [6.07, 6.45) is 4.08. The summed E-state index contributed by atoms with van der Waals surface area (Å²) in [5.41, 5.74) is 1.53. The van der Waals surface area contributed by atoms with Gasteiger partial charge in [0.25, 0.3) is 0 Å². The minimum absolute atomic E-state index is 0.606. The highest BCUT2D eigenvalue weighted by Gasteiger charge is 2.04. The first kappa shape index (κ1) is 10.7. The van der Waals surface area contributed by atoms with Gasteiger partial charge in [0.05, 0.1) is 6.07 Å². The number of hydrogen-bond acceptors (Lipinski definition) is 2. The minimum Gasteiger partial charge on any atom is -0.374 e. The van der Waals surface area contributed by atoms with Crippen LogP contribution in [0, 0.1) is 11.3 Å². The van der Waals surface area contributed by atoms with Gasteiger partial charge in [-0.2, -0.15) is 5.26 Å². The van der Waals surface area contributed by atoms with Crippen LogP contribution in [0.3, 0.4) is 0 Å². The Labute approximate surface area is 73.1 Å². The van der Waals surface area contributed by atoms with Crippen LogP contribution < -0.4 is 0 Å². The summed E-state index contributed by atoms with van der Waals surface area (Å²) in [6.45, 7) is 7.22. The third-order valence-corrected chi connectivity index (χ3v) is 1.49. The standard InChI is InChI=1S/C10H13NO/c1-4-8(3)6-9(5-2)10(12)7-11/h4-6,10,12H,1H2,2-3H3/b8-6-,9-5+. The highest BCUT2D eigenvalue weighted by Crippen LogP contribution is 2.07. The van der Waals surface area contributed by atoms with Gasteiger partial charge < -0.3 is 5.11 Å². The summed E-state index contributed by atoms with van der Waals surface area (Å²) in [4.78, 5) is 0. The highest BCUT2D eigenvalue weighted by molar-refractivity contribution is 5.33. The lowest BCUT2D eigenvalue weighted by Crippen LogP contribution is -2.04. The molecule has 2 heteroatoms. The molecule has 0 aromatic rings. The summed E-state index contributed by atoms with van der Waals surface area (Å²) in [5.74, 6) is 0. The van der Waals surface area contributed by atoms with Crippen LogP contribution in [-0.2, 0) is 0 Å². The number of aliphatic hydroxyl groups excluding tert-OH is 1. The fourth-order valence-electron chi connectivity index (χ4n) is 0.716. The summed E-state index contributed by atoms with van der Waals surface area (Å²) in [7, 11) is 0. The largest absolute Gasteiger partial charge is 0.374 e. The van der Waals surface area contributed by atoms with Gasteiger partial charge in [-0.15, -0.1) is 0 Å². The summed E-state index contributed by atoms with van der Waals surface area (Å²) >= 11 is 0. The normalized spacial score (nSPS) is 15.2. The second-order valence-corrected chi connectivity index (χ2v) is 2.41. The maximum atomic E-state index is 9.15. The molecule has 1 N–H and O–H groups in total. The van der Waals surface area contributed by atoms with Crippen LogP contribution in [0.5, 0.6) is 0 Å². The van der Waals surface area contributed by atoms with Crippen molar-refractivity contribution in [2.24, 2.45) is 0 Å². The van der Waals surface area contributed by atoms with Gasteiger partial charge >= 0.3 is 0 Å². The van der Waals surface area contributed by atoms with E-state index in [1.807, 2.05) is 6.92 Å². The highest BCUT2D eigenvalue weighted by atomic mass is 16.3. The number of allylic oxidation sites excluding steroid dienone is 3. The SMILES string of the molecule is C=C/C(C)=C\C(=C/C)C(O)C#N. The van der Waals surface area contributed by atoms with E-state index in [1.165, 1.54) is 0 Å². The average molecular weight is 163 g/mol. The smallest absolute Gasteiger partial charge is 0.165 e. The molecule has 2 nitrogen and oxygen atoms in total. The Kier molecular flexibility index (Phi) is 4.75. The fraction of sp³-hybridized carbons (Fsp3) is 0.300. The quantitative estimate of drug-likeness (QED) is 0.510. The number of nitrogens with zero attached hydrogens (tertiary/aromatic N) is 1. The Balaban J connectivity index is 4.63. The van der Waals surface area contributed by atoms with Gasteiger partial charge in [0, 0.05) is 0 Å². The maximum Gasteiger partial charge on any atom is 0.165 e. The molecule has 0 heterocycles. The minimum atomic E-state index is -1.04. The van der Waals surface area contributed by atoms with Crippen molar-refractivity contribution >= 4 is 0 Å². The zero-order valence-electron chi connectivity index (χ0n) is 7.41. The van der Waals surface area contributed by atoms with Crippen molar-refractivity contribution in [3.63, 3.8) is 0 Å². The van der Waals surface area contributed by atoms with Crippen molar-refractivity contribution in [1.82, 2.24) is 0 Å². The zero-order valence-corrected chi connectivity index (χ0v) is 7.41. The monoisotopic (exact) mass is 163 g/mol. The van der Waals surface area contributed by atoms with Crippen LogP contribution in [0.15, 0.2) is 36.0 Å². The third kappa shape index (κ3) is 3.18. The average Bonchev–Trinajstić information content (AvgIpc) is 2.12. The molecule has 0 aromatic carbocycles. The molecule has 0 aliphatic heterocycles. The van der Waals surface area contributed by atoms with E-state index < -0.39 is 6.10 Å². The maximum absolute atomic E-state index is 9.15. The summed E-state index contributed by atoms with van der Waals surface area (Å²) < 4.78 is 0. The van der Waals surface area contributed by atoms with Crippen LogP contribution in [0.1, 0.15) is 13.8 Å². The van der Waals surface area contributed by atoms with E-state index in [0.717, 1.165) is 5.57 Å². The Hall–Kier alpha value is -1.33. The number of hydrogen-bond donors (Lipinski definition) is 1. The molecule has 64 valence electrons. The molecule has 1 unspecified atom stereocenters. The number of rotatable bonds is 3. The van der Waals surface area contributed by atoms with Gasteiger partial charge in [0.15, 0.2) is 6.10 Å². The van der Waals surface area contributed by atoms with E-state index >= 15 is 0 Å². The zero-order chi connectivity index (χ0) is 9.56. The summed E-state index contributed by atoms with van der Waals surface area (Å²) in [5, 5.41) is 17.6. The molecule has 0 aliphatic carbocycles. The Morgan fingerprint density at radius 1 is 1.67 bits per heavy atom. The Morgan fingerprint density at radius 2 is 2.25 bits per heavy atom. The molecule has 0 saturated carbocycles. The van der Waals surface area contributed by atoms with Gasteiger partial charge in [-0.25, -0.2) is 0 Å². The van der Waals surface area contributed by atoms with Crippen LogP contribution in [0.4, 0.5) is 0 Å². The van der Waals surface area contributed by atoms with Crippen molar-refractivity contribution < 1.29 is 5.11 Å². The van der Waals surface area contributed by atoms with Crippen LogP contribution in [0.25, 0.3) is 0 Å². The van der Waals surface area contributed by atoms with E-state index in [0.29, 0.717) is 5.57 Å². The van der Waals surface area contributed by atoms with Crippen molar-refractivity contribution in [1.29, 1.82) is 5.26 Å². The molecule has 0 aliphatic rings. The van der Waals surface area contributed by atoms with Crippen molar-refractivity contribution in [3.05, 3.63) is 36.0 Å². The van der Waals surface area contributed by atoms with Crippen LogP contribution in [-0.4, -0.2) is 11.2 Å². The molecule has 0 spiro atoms. The van der Waals surface area contributed by atoms with Crippen molar-refractivity contribution in [2.45, 2.75) is 20.0 Å². The van der Waals surface area contributed by atoms with Gasteiger partial charge in [-0.3, -0.25) is 0 Å². The lowest BCUT2D eigenvalue weighted by Gasteiger charge is -2.02. The van der Waals surface area contributed by atoms with Crippen LogP contribution >= 0.6 is 0 Å². The third-order valence-electron chi connectivity index (χ3n) is 1.49. The molecule has 0 amide bonds. The lowest BCUT2D eigenvalue weighted by molar-refractivity contribution is 0.269. The lowest BCUT2D eigenvalue weighted by atomic mass is 10.1. The first-order valence-corrected chi connectivity index (χ1v) is 3.70. The van der Waals surface area contributed by atoms with Gasteiger partial charge in [0.2, 0.25) is 0 Å². The van der Waals surface area contributed by atoms with Crippen molar-refractivity contribution in [2.75, 3.05) is 0 Å². The molecule has 12 heavy (non-hydrogen) atoms. The molecule has 0 aromatic heterocycles. The van der Waals surface area contributed by atoms with E-state index in [1.54, 1.807) is 31.2 Å². The molecule has 0 saturated heterocycles. The number of aliphatic hydroxyl groups is 1. The molecule has 1 atom stereocenters. The number of nitriles is 1. The van der Waals surface area contributed by atoms with E-state index in [2.05, 4.69) is 6.58 Å². The fourth-order valence-corrected chi connectivity index (χ4v) is 0.716. The molecule has 0 fully saturated rings. The molecule has 0 rings (SSSR count). The van der Waals surface area contributed by atoms with E-state index in [9.17, 15) is 0 Å². The second kappa shape index (κ2) is 5.34. The molecule has 0 bridgehead atoms. The molecular weight excluding hydrogens is 150 g/mol. The topological polar surface area (TPSA) is 44.0 Å². The Morgan fingerprint density at radius 3 is 2.58 bits per heavy atom. The first-order valence-electron chi connectivity index (χ1n) is 3.70. The second-order valence-electron chi connectivity index (χ2n) is 2.41. The first-order chi connectivity index (χ1) is 5.65. The van der Waals surface area contributed by atoms with Crippen LogP contribution in [0.2, 0.25) is 0 Å². The van der Waals surface area contributed by atoms with Gasteiger partial charge in [-0.05, 0) is 19.4 Å². The van der Waals surface area contributed by atoms with E-state index in [4.69, 9.17) is 10.4 Å². The Bertz CT molecular complexity index is 256. The summed E-state index contributed by atoms with van der Waals surface area (Å²) in [6, 6.07) is 1.75. The molecule has 0 radical (unpaired) electrons. The van der Waals surface area contributed by atoms with E-state index in [-0.39, 0.29) is 0 Å².